The van der Waals surface area contributed by atoms with E-state index in [-0.39, 0.29) is 12.1 Å². The van der Waals surface area contributed by atoms with Gasteiger partial charge in [-0.2, -0.15) is 0 Å². The Morgan fingerprint density at radius 1 is 0.889 bits per heavy atom. The Bertz CT molecular complexity index is 1400. The summed E-state index contributed by atoms with van der Waals surface area (Å²) in [7, 11) is 3.32. The number of benzene rings is 2. The molecule has 5 rings (SSSR count). The standard InChI is InChI=1S/C29H30N4O2S/c1-18-19(2)32(21-11-7-6-8-12-21)20(3)26(18)28-27(23-13-9-10-16-30-23)31-29(36)33(28)24-15-14-22(34-4)17-25(24)35-5/h6-17,27-28H,1-5H3,(H,31,36)/t27-,28-/m0/s1. The van der Waals surface area contributed by atoms with E-state index in [1.54, 1.807) is 14.2 Å². The number of aromatic nitrogens is 2. The number of para-hydroxylation sites is 1. The molecule has 0 spiro atoms. The van der Waals surface area contributed by atoms with Crippen molar-refractivity contribution in [2.45, 2.75) is 32.9 Å². The van der Waals surface area contributed by atoms with E-state index in [1.807, 2.05) is 48.7 Å². The van der Waals surface area contributed by atoms with Crippen LogP contribution >= 0.6 is 12.2 Å². The van der Waals surface area contributed by atoms with Crippen LogP contribution in [0.25, 0.3) is 5.69 Å². The van der Waals surface area contributed by atoms with Crippen LogP contribution in [0.3, 0.4) is 0 Å². The maximum atomic E-state index is 5.96. The Labute approximate surface area is 217 Å². The van der Waals surface area contributed by atoms with Gasteiger partial charge in [-0.3, -0.25) is 4.98 Å². The molecular weight excluding hydrogens is 468 g/mol. The Morgan fingerprint density at radius 2 is 1.64 bits per heavy atom. The lowest BCUT2D eigenvalue weighted by Crippen LogP contribution is -2.30. The van der Waals surface area contributed by atoms with Gasteiger partial charge in [-0.15, -0.1) is 0 Å². The smallest absolute Gasteiger partial charge is 0.174 e. The van der Waals surface area contributed by atoms with Gasteiger partial charge in [0.05, 0.1) is 37.7 Å². The van der Waals surface area contributed by atoms with E-state index >= 15 is 0 Å². The molecule has 2 aromatic heterocycles. The summed E-state index contributed by atoms with van der Waals surface area (Å²) in [6.07, 6.45) is 1.83. The topological polar surface area (TPSA) is 51.5 Å². The van der Waals surface area contributed by atoms with Crippen LogP contribution in [0.15, 0.2) is 72.9 Å². The molecule has 0 bridgehead atoms. The van der Waals surface area contributed by atoms with Crippen molar-refractivity contribution in [2.24, 2.45) is 0 Å². The van der Waals surface area contributed by atoms with Crippen molar-refractivity contribution >= 4 is 23.0 Å². The maximum Gasteiger partial charge on any atom is 0.174 e. The molecule has 1 aliphatic heterocycles. The normalized spacial score (nSPS) is 17.2. The summed E-state index contributed by atoms with van der Waals surface area (Å²) in [4.78, 5) is 6.87. The fraction of sp³-hybridized carbons (Fsp3) is 0.241. The lowest BCUT2D eigenvalue weighted by molar-refractivity contribution is 0.394. The van der Waals surface area contributed by atoms with Crippen molar-refractivity contribution in [3.8, 4) is 17.2 Å². The highest BCUT2D eigenvalue weighted by Gasteiger charge is 2.44. The van der Waals surface area contributed by atoms with Crippen molar-refractivity contribution in [3.63, 3.8) is 0 Å². The zero-order chi connectivity index (χ0) is 25.4. The summed E-state index contributed by atoms with van der Waals surface area (Å²) in [5.74, 6) is 1.42. The van der Waals surface area contributed by atoms with Crippen LogP contribution in [-0.4, -0.2) is 28.9 Å². The Morgan fingerprint density at radius 3 is 2.31 bits per heavy atom. The first kappa shape index (κ1) is 23.9. The number of hydrogen-bond acceptors (Lipinski definition) is 4. The van der Waals surface area contributed by atoms with Crippen molar-refractivity contribution < 1.29 is 9.47 Å². The largest absolute Gasteiger partial charge is 0.497 e. The second kappa shape index (κ2) is 9.66. The van der Waals surface area contributed by atoms with E-state index in [0.717, 1.165) is 22.8 Å². The third kappa shape index (κ3) is 3.89. The number of ether oxygens (including phenoxy) is 2. The van der Waals surface area contributed by atoms with Gasteiger partial charge in [-0.25, -0.2) is 0 Å². The Kier molecular flexibility index (Phi) is 6.41. The van der Waals surface area contributed by atoms with Gasteiger partial charge in [0.1, 0.15) is 11.5 Å². The first-order valence-electron chi connectivity index (χ1n) is 11.9. The van der Waals surface area contributed by atoms with Crippen molar-refractivity contribution in [1.29, 1.82) is 0 Å². The van der Waals surface area contributed by atoms with Gasteiger partial charge in [-0.05, 0) is 75.0 Å². The quantitative estimate of drug-likeness (QED) is 0.330. The Hall–Kier alpha value is -3.84. The molecule has 0 amide bonds. The Balaban J connectivity index is 1.74. The lowest BCUT2D eigenvalue weighted by Gasteiger charge is -2.30. The predicted molar refractivity (Wildman–Crippen MR) is 147 cm³/mol. The van der Waals surface area contributed by atoms with E-state index in [1.165, 1.54) is 22.5 Å². The molecule has 1 aliphatic rings. The van der Waals surface area contributed by atoms with Crippen molar-refractivity contribution in [1.82, 2.24) is 14.9 Å². The summed E-state index contributed by atoms with van der Waals surface area (Å²) in [5, 5.41) is 4.20. The first-order chi connectivity index (χ1) is 17.5. The van der Waals surface area contributed by atoms with Gasteiger partial charge in [0.15, 0.2) is 5.11 Å². The molecule has 0 saturated carbocycles. The molecule has 3 heterocycles. The summed E-state index contributed by atoms with van der Waals surface area (Å²) in [6.45, 7) is 6.55. The molecule has 7 heteroatoms. The van der Waals surface area contributed by atoms with E-state index < -0.39 is 0 Å². The van der Waals surface area contributed by atoms with Gasteiger partial charge in [0.25, 0.3) is 0 Å². The summed E-state index contributed by atoms with van der Waals surface area (Å²) >= 11 is 5.96. The minimum atomic E-state index is -0.145. The maximum absolute atomic E-state index is 5.96. The molecule has 0 unspecified atom stereocenters. The van der Waals surface area contributed by atoms with Crippen LogP contribution in [0.5, 0.6) is 11.5 Å². The minimum absolute atomic E-state index is 0.140. The highest BCUT2D eigenvalue weighted by Crippen LogP contribution is 2.48. The van der Waals surface area contributed by atoms with Gasteiger partial charge < -0.3 is 24.3 Å². The molecule has 1 saturated heterocycles. The molecule has 184 valence electrons. The summed E-state index contributed by atoms with van der Waals surface area (Å²) < 4.78 is 13.6. The first-order valence-corrected chi connectivity index (χ1v) is 12.3. The molecule has 0 radical (unpaired) electrons. The number of rotatable bonds is 6. The van der Waals surface area contributed by atoms with Gasteiger partial charge in [0.2, 0.25) is 0 Å². The zero-order valence-electron chi connectivity index (χ0n) is 21.1. The number of nitrogens with zero attached hydrogens (tertiary/aromatic N) is 3. The molecule has 6 nitrogen and oxygen atoms in total. The van der Waals surface area contributed by atoms with Crippen LogP contribution in [0, 0.1) is 20.8 Å². The summed E-state index contributed by atoms with van der Waals surface area (Å²) in [5.41, 5.74) is 7.77. The summed E-state index contributed by atoms with van der Waals surface area (Å²) in [6, 6.07) is 22.0. The number of nitrogens with one attached hydrogen (secondary N) is 1. The number of methoxy groups -OCH3 is 2. The third-order valence-electron chi connectivity index (χ3n) is 7.06. The average Bonchev–Trinajstić information content (AvgIpc) is 3.36. The van der Waals surface area contributed by atoms with Crippen LogP contribution in [0.4, 0.5) is 5.69 Å². The number of hydrogen-bond donors (Lipinski definition) is 1. The van der Waals surface area contributed by atoms with Crippen molar-refractivity contribution in [2.75, 3.05) is 19.1 Å². The van der Waals surface area contributed by atoms with E-state index in [0.29, 0.717) is 10.9 Å². The van der Waals surface area contributed by atoms with Crippen LogP contribution < -0.4 is 19.7 Å². The van der Waals surface area contributed by atoms with Crippen LogP contribution in [0.2, 0.25) is 0 Å². The second-order valence-corrected chi connectivity index (χ2v) is 9.30. The van der Waals surface area contributed by atoms with E-state index in [4.69, 9.17) is 26.7 Å². The third-order valence-corrected chi connectivity index (χ3v) is 7.38. The second-order valence-electron chi connectivity index (χ2n) is 8.91. The highest BCUT2D eigenvalue weighted by molar-refractivity contribution is 7.80. The van der Waals surface area contributed by atoms with Gasteiger partial charge in [-0.1, -0.05) is 24.3 Å². The number of anilines is 1. The lowest BCUT2D eigenvalue weighted by atomic mass is 9.93. The molecule has 36 heavy (non-hydrogen) atoms. The van der Waals surface area contributed by atoms with Gasteiger partial charge in [0, 0.05) is 34.9 Å². The zero-order valence-corrected chi connectivity index (χ0v) is 22.0. The number of thiocarbonyl (C=S) groups is 1. The number of pyridine rings is 1. The molecular formula is C29H30N4O2S. The van der Waals surface area contributed by atoms with Crippen molar-refractivity contribution in [3.05, 3.63) is 101 Å². The average molecular weight is 499 g/mol. The fourth-order valence-electron chi connectivity index (χ4n) is 5.30. The minimum Gasteiger partial charge on any atom is -0.497 e. The molecule has 4 aromatic rings. The molecule has 2 aromatic carbocycles. The van der Waals surface area contributed by atoms with E-state index in [2.05, 4.69) is 59.8 Å². The molecule has 1 N–H and O–H groups in total. The van der Waals surface area contributed by atoms with Crippen LogP contribution in [0.1, 0.15) is 40.3 Å². The molecule has 1 fully saturated rings. The van der Waals surface area contributed by atoms with E-state index in [9.17, 15) is 0 Å². The highest BCUT2D eigenvalue weighted by atomic mass is 32.1. The van der Waals surface area contributed by atoms with Crippen LogP contribution in [-0.2, 0) is 0 Å². The fourth-order valence-corrected chi connectivity index (χ4v) is 5.64. The van der Waals surface area contributed by atoms with Gasteiger partial charge >= 0.3 is 0 Å². The monoisotopic (exact) mass is 498 g/mol. The predicted octanol–water partition coefficient (Wildman–Crippen LogP) is 5.99. The molecule has 2 atom stereocenters. The molecule has 0 aliphatic carbocycles. The SMILES string of the molecule is COc1ccc(N2C(=S)N[C@@H](c3ccccn3)[C@@H]2c2c(C)c(C)n(-c3ccccc3)c2C)c(OC)c1.